The SMILES string of the molecule is CC(C)N1CCN(CCOC(=O)C(O)(c2ccccc2)c2ccccc2)CC1.Cl. The summed E-state index contributed by atoms with van der Waals surface area (Å²) in [6, 6.07) is 18.5. The van der Waals surface area contributed by atoms with Gasteiger partial charge in [-0.3, -0.25) is 9.80 Å². The summed E-state index contributed by atoms with van der Waals surface area (Å²) in [4.78, 5) is 17.7. The molecule has 2 aromatic carbocycles. The second-order valence-corrected chi connectivity index (χ2v) is 7.55. The number of aliphatic hydroxyl groups is 1. The topological polar surface area (TPSA) is 53.0 Å². The van der Waals surface area contributed by atoms with Crippen LogP contribution in [0.15, 0.2) is 60.7 Å². The Morgan fingerprint density at radius 1 is 0.966 bits per heavy atom. The predicted octanol–water partition coefficient (Wildman–Crippen LogP) is 2.91. The summed E-state index contributed by atoms with van der Waals surface area (Å²) in [6.07, 6.45) is 0. The first kappa shape index (κ1) is 23.4. The van der Waals surface area contributed by atoms with Crippen molar-refractivity contribution < 1.29 is 14.6 Å². The van der Waals surface area contributed by atoms with Crippen molar-refractivity contribution in [1.29, 1.82) is 0 Å². The highest BCUT2D eigenvalue weighted by Gasteiger charge is 2.41. The van der Waals surface area contributed by atoms with Gasteiger partial charge >= 0.3 is 5.97 Å². The normalized spacial score (nSPS) is 15.7. The average Bonchev–Trinajstić information content (AvgIpc) is 2.74. The van der Waals surface area contributed by atoms with Gasteiger partial charge in [-0.2, -0.15) is 0 Å². The molecule has 0 atom stereocenters. The summed E-state index contributed by atoms with van der Waals surface area (Å²) in [5.74, 6) is -0.634. The molecule has 1 N–H and O–H groups in total. The molecule has 0 spiro atoms. The molecule has 0 unspecified atom stereocenters. The number of piperazine rings is 1. The van der Waals surface area contributed by atoms with Crippen molar-refractivity contribution in [3.63, 3.8) is 0 Å². The number of rotatable bonds is 7. The van der Waals surface area contributed by atoms with Crippen LogP contribution >= 0.6 is 12.4 Å². The highest BCUT2D eigenvalue weighted by atomic mass is 35.5. The summed E-state index contributed by atoms with van der Waals surface area (Å²) in [6.45, 7) is 9.37. The number of halogens is 1. The van der Waals surface area contributed by atoms with Gasteiger partial charge in [0.2, 0.25) is 5.60 Å². The number of esters is 1. The average molecular weight is 419 g/mol. The zero-order valence-electron chi connectivity index (χ0n) is 17.2. The minimum absolute atomic E-state index is 0. The van der Waals surface area contributed by atoms with E-state index in [-0.39, 0.29) is 19.0 Å². The molecule has 0 saturated carbocycles. The fourth-order valence-electron chi connectivity index (χ4n) is 3.64. The van der Waals surface area contributed by atoms with Gasteiger partial charge in [-0.25, -0.2) is 4.79 Å². The number of hydrogen-bond donors (Lipinski definition) is 1. The first-order valence-electron chi connectivity index (χ1n) is 9.99. The monoisotopic (exact) mass is 418 g/mol. The molecule has 1 saturated heterocycles. The molecule has 1 aliphatic heterocycles. The van der Waals surface area contributed by atoms with Crippen LogP contribution in [0.25, 0.3) is 0 Å². The van der Waals surface area contributed by atoms with Gasteiger partial charge in [0.15, 0.2) is 0 Å². The third-order valence-corrected chi connectivity index (χ3v) is 5.46. The van der Waals surface area contributed by atoms with E-state index in [4.69, 9.17) is 4.74 Å². The van der Waals surface area contributed by atoms with E-state index in [9.17, 15) is 9.90 Å². The van der Waals surface area contributed by atoms with Crippen molar-refractivity contribution in [3.05, 3.63) is 71.8 Å². The first-order chi connectivity index (χ1) is 13.5. The molecule has 1 heterocycles. The van der Waals surface area contributed by atoms with Crippen LogP contribution in [0.3, 0.4) is 0 Å². The maximum absolute atomic E-state index is 12.9. The number of carbonyl (C=O) groups is 1. The molecule has 1 aliphatic rings. The molecule has 0 aliphatic carbocycles. The Morgan fingerprint density at radius 3 is 1.90 bits per heavy atom. The molecule has 6 heteroatoms. The highest BCUT2D eigenvalue weighted by Crippen LogP contribution is 2.31. The fraction of sp³-hybridized carbons (Fsp3) is 0.435. The van der Waals surface area contributed by atoms with Gasteiger partial charge in [0, 0.05) is 38.8 Å². The largest absolute Gasteiger partial charge is 0.462 e. The van der Waals surface area contributed by atoms with Crippen LogP contribution in [-0.2, 0) is 15.1 Å². The summed E-state index contributed by atoms with van der Waals surface area (Å²) >= 11 is 0. The van der Waals surface area contributed by atoms with E-state index in [0.29, 0.717) is 23.7 Å². The maximum atomic E-state index is 12.9. The minimum atomic E-state index is -1.81. The van der Waals surface area contributed by atoms with E-state index in [2.05, 4.69) is 23.6 Å². The van der Waals surface area contributed by atoms with Crippen LogP contribution in [0.5, 0.6) is 0 Å². The summed E-state index contributed by atoms with van der Waals surface area (Å²) in [5.41, 5.74) is -0.785. The Labute approximate surface area is 179 Å². The first-order valence-corrected chi connectivity index (χ1v) is 9.99. The quantitative estimate of drug-likeness (QED) is 0.700. The van der Waals surface area contributed by atoms with E-state index >= 15 is 0 Å². The molecule has 3 rings (SSSR count). The lowest BCUT2D eigenvalue weighted by molar-refractivity contribution is -0.162. The Bertz CT molecular complexity index is 708. The Balaban J connectivity index is 0.00000300. The lowest BCUT2D eigenvalue weighted by Crippen LogP contribution is -2.49. The van der Waals surface area contributed by atoms with Crippen LogP contribution in [0, 0.1) is 0 Å². The molecule has 0 bridgehead atoms. The van der Waals surface area contributed by atoms with Crippen LogP contribution < -0.4 is 0 Å². The zero-order valence-corrected chi connectivity index (χ0v) is 18.0. The number of carbonyl (C=O) groups excluding carboxylic acids is 1. The number of hydrogen-bond acceptors (Lipinski definition) is 5. The lowest BCUT2D eigenvalue weighted by atomic mass is 9.86. The molecule has 0 amide bonds. The predicted molar refractivity (Wildman–Crippen MR) is 117 cm³/mol. The van der Waals surface area contributed by atoms with Gasteiger partial charge in [0.05, 0.1) is 0 Å². The maximum Gasteiger partial charge on any atom is 0.347 e. The van der Waals surface area contributed by atoms with Crippen molar-refractivity contribution in [1.82, 2.24) is 9.80 Å². The molecular formula is C23H31ClN2O3. The second-order valence-electron chi connectivity index (χ2n) is 7.55. The molecular weight excluding hydrogens is 388 g/mol. The number of benzene rings is 2. The Morgan fingerprint density at radius 2 is 1.45 bits per heavy atom. The van der Waals surface area contributed by atoms with Gasteiger partial charge in [0.25, 0.3) is 0 Å². The molecule has 0 aromatic heterocycles. The molecule has 29 heavy (non-hydrogen) atoms. The van der Waals surface area contributed by atoms with Crippen molar-refractivity contribution in [2.75, 3.05) is 39.3 Å². The third kappa shape index (κ3) is 5.58. The zero-order chi connectivity index (χ0) is 20.0. The van der Waals surface area contributed by atoms with E-state index in [0.717, 1.165) is 26.2 Å². The standard InChI is InChI=1S/C23H30N2O3.ClH/c1-19(2)25-15-13-24(14-16-25)17-18-28-22(26)23(27,20-9-5-3-6-10-20)21-11-7-4-8-12-21;/h3-12,19,27H,13-18H2,1-2H3;1H. The van der Waals surface area contributed by atoms with Crippen LogP contribution in [0.2, 0.25) is 0 Å². The van der Waals surface area contributed by atoms with Gasteiger partial charge < -0.3 is 9.84 Å². The molecule has 0 radical (unpaired) electrons. The number of ether oxygens (including phenoxy) is 1. The van der Waals surface area contributed by atoms with Crippen molar-refractivity contribution in [2.45, 2.75) is 25.5 Å². The Hall–Kier alpha value is -1.92. The van der Waals surface area contributed by atoms with Crippen LogP contribution in [0.4, 0.5) is 0 Å². The van der Waals surface area contributed by atoms with Crippen LogP contribution in [0.1, 0.15) is 25.0 Å². The van der Waals surface area contributed by atoms with E-state index < -0.39 is 11.6 Å². The highest BCUT2D eigenvalue weighted by molar-refractivity contribution is 5.85. The second kappa shape index (κ2) is 10.7. The summed E-state index contributed by atoms with van der Waals surface area (Å²) in [5, 5.41) is 11.4. The van der Waals surface area contributed by atoms with E-state index in [1.54, 1.807) is 24.3 Å². The molecule has 1 fully saturated rings. The summed E-state index contributed by atoms with van der Waals surface area (Å²) in [7, 11) is 0. The molecule has 5 nitrogen and oxygen atoms in total. The van der Waals surface area contributed by atoms with Crippen molar-refractivity contribution in [3.8, 4) is 0 Å². The van der Waals surface area contributed by atoms with Crippen molar-refractivity contribution in [2.24, 2.45) is 0 Å². The lowest BCUT2D eigenvalue weighted by Gasteiger charge is -2.36. The van der Waals surface area contributed by atoms with Gasteiger partial charge in [-0.1, -0.05) is 60.7 Å². The van der Waals surface area contributed by atoms with E-state index in [1.807, 2.05) is 36.4 Å². The molecule has 158 valence electrons. The summed E-state index contributed by atoms with van der Waals surface area (Å²) < 4.78 is 5.55. The fourth-order valence-corrected chi connectivity index (χ4v) is 3.64. The minimum Gasteiger partial charge on any atom is -0.462 e. The third-order valence-electron chi connectivity index (χ3n) is 5.46. The van der Waals surface area contributed by atoms with Gasteiger partial charge in [-0.05, 0) is 25.0 Å². The number of nitrogens with zero attached hydrogens (tertiary/aromatic N) is 2. The van der Waals surface area contributed by atoms with E-state index in [1.165, 1.54) is 0 Å². The van der Waals surface area contributed by atoms with Crippen molar-refractivity contribution >= 4 is 18.4 Å². The van der Waals surface area contributed by atoms with Gasteiger partial charge in [-0.15, -0.1) is 12.4 Å². The molecule has 2 aromatic rings. The van der Waals surface area contributed by atoms with Crippen LogP contribution in [-0.4, -0.2) is 66.2 Å². The van der Waals surface area contributed by atoms with Gasteiger partial charge in [0.1, 0.15) is 6.61 Å². The Kier molecular flexibility index (Phi) is 8.65. The smallest absolute Gasteiger partial charge is 0.347 e.